The lowest BCUT2D eigenvalue weighted by atomic mass is 10.2. The molecule has 1 unspecified atom stereocenters. The molecule has 0 fully saturated rings. The largest absolute Gasteiger partial charge is 0.481 e. The van der Waals surface area contributed by atoms with E-state index in [4.69, 9.17) is 16.3 Å². The van der Waals surface area contributed by atoms with Gasteiger partial charge in [0, 0.05) is 13.0 Å². The van der Waals surface area contributed by atoms with E-state index in [9.17, 15) is 4.79 Å². The minimum atomic E-state index is -0.573. The number of carbonyl (C=O) groups is 1. The van der Waals surface area contributed by atoms with E-state index in [0.29, 0.717) is 12.3 Å². The number of hydrogen-bond acceptors (Lipinski definition) is 3. The maximum absolute atomic E-state index is 11.8. The standard InChI is InChI=1S/C16H21NO3/c1-3-4-5-6-10-17-16(19)13(2)20-15-9-7-8-14(11-15)12-18/h1,7-9,11,13,18H,4-6,10,12H2,2H3,(H,17,19). The molecule has 0 aliphatic heterocycles. The molecule has 4 nitrogen and oxygen atoms in total. The summed E-state index contributed by atoms with van der Waals surface area (Å²) in [6, 6.07) is 7.06. The van der Waals surface area contributed by atoms with Crippen molar-refractivity contribution in [1.29, 1.82) is 0 Å². The van der Waals surface area contributed by atoms with Gasteiger partial charge >= 0.3 is 0 Å². The summed E-state index contributed by atoms with van der Waals surface area (Å²) >= 11 is 0. The third-order valence-electron chi connectivity index (χ3n) is 2.81. The molecular formula is C16H21NO3. The van der Waals surface area contributed by atoms with Crippen molar-refractivity contribution in [3.63, 3.8) is 0 Å². The molecular weight excluding hydrogens is 254 g/mol. The second-order valence-electron chi connectivity index (χ2n) is 4.52. The van der Waals surface area contributed by atoms with E-state index in [-0.39, 0.29) is 12.5 Å². The van der Waals surface area contributed by atoms with Crippen LogP contribution in [0.25, 0.3) is 0 Å². The first-order valence-electron chi connectivity index (χ1n) is 6.75. The molecule has 1 aromatic carbocycles. The fraction of sp³-hybridized carbons (Fsp3) is 0.438. The van der Waals surface area contributed by atoms with E-state index in [0.717, 1.165) is 24.8 Å². The van der Waals surface area contributed by atoms with Crippen LogP contribution in [0.4, 0.5) is 0 Å². The van der Waals surface area contributed by atoms with Crippen LogP contribution in [0.3, 0.4) is 0 Å². The van der Waals surface area contributed by atoms with Crippen molar-refractivity contribution in [2.24, 2.45) is 0 Å². The van der Waals surface area contributed by atoms with Crippen LogP contribution in [0.5, 0.6) is 5.75 Å². The summed E-state index contributed by atoms with van der Waals surface area (Å²) in [6.07, 6.45) is 7.08. The summed E-state index contributed by atoms with van der Waals surface area (Å²) in [7, 11) is 0. The number of aliphatic hydroxyl groups is 1. The zero-order valence-electron chi connectivity index (χ0n) is 11.8. The van der Waals surface area contributed by atoms with Gasteiger partial charge in [-0.3, -0.25) is 4.79 Å². The molecule has 1 rings (SSSR count). The molecule has 0 aliphatic carbocycles. The minimum Gasteiger partial charge on any atom is -0.481 e. The first-order valence-corrected chi connectivity index (χ1v) is 6.75. The number of amides is 1. The predicted octanol–water partition coefficient (Wildman–Crippen LogP) is 1.87. The van der Waals surface area contributed by atoms with Crippen molar-refractivity contribution in [3.05, 3.63) is 29.8 Å². The fourth-order valence-corrected chi connectivity index (χ4v) is 1.68. The third kappa shape index (κ3) is 5.77. The smallest absolute Gasteiger partial charge is 0.260 e. The van der Waals surface area contributed by atoms with Crippen LogP contribution < -0.4 is 10.1 Å². The summed E-state index contributed by atoms with van der Waals surface area (Å²) in [6.45, 7) is 2.25. The van der Waals surface area contributed by atoms with E-state index in [1.165, 1.54) is 0 Å². The molecule has 2 N–H and O–H groups in total. The highest BCUT2D eigenvalue weighted by molar-refractivity contribution is 5.80. The van der Waals surface area contributed by atoms with Crippen molar-refractivity contribution in [1.82, 2.24) is 5.32 Å². The van der Waals surface area contributed by atoms with Crippen molar-refractivity contribution in [2.75, 3.05) is 6.54 Å². The highest BCUT2D eigenvalue weighted by Crippen LogP contribution is 2.14. The topological polar surface area (TPSA) is 58.6 Å². The van der Waals surface area contributed by atoms with Crippen LogP contribution in [0.15, 0.2) is 24.3 Å². The van der Waals surface area contributed by atoms with Gasteiger partial charge in [-0.2, -0.15) is 0 Å². The summed E-state index contributed by atoms with van der Waals surface area (Å²) in [5.74, 6) is 2.99. The monoisotopic (exact) mass is 275 g/mol. The third-order valence-corrected chi connectivity index (χ3v) is 2.81. The van der Waals surface area contributed by atoms with E-state index < -0.39 is 6.10 Å². The quantitative estimate of drug-likeness (QED) is 0.562. The van der Waals surface area contributed by atoms with Gasteiger partial charge in [0.2, 0.25) is 0 Å². The molecule has 20 heavy (non-hydrogen) atoms. The van der Waals surface area contributed by atoms with Gasteiger partial charge in [-0.1, -0.05) is 12.1 Å². The Morgan fingerprint density at radius 2 is 2.30 bits per heavy atom. The maximum atomic E-state index is 11.8. The number of aliphatic hydroxyl groups excluding tert-OH is 1. The van der Waals surface area contributed by atoms with Crippen molar-refractivity contribution < 1.29 is 14.6 Å². The van der Waals surface area contributed by atoms with Gasteiger partial charge in [0.25, 0.3) is 5.91 Å². The molecule has 0 aromatic heterocycles. The van der Waals surface area contributed by atoms with Crippen molar-refractivity contribution in [3.8, 4) is 18.1 Å². The minimum absolute atomic E-state index is 0.0487. The van der Waals surface area contributed by atoms with E-state index >= 15 is 0 Å². The molecule has 0 saturated heterocycles. The summed E-state index contributed by atoms with van der Waals surface area (Å²) in [4.78, 5) is 11.8. The van der Waals surface area contributed by atoms with Gasteiger partial charge in [0.1, 0.15) is 5.75 Å². The van der Waals surface area contributed by atoms with E-state index in [2.05, 4.69) is 11.2 Å². The lowest BCUT2D eigenvalue weighted by Crippen LogP contribution is -2.36. The molecule has 1 atom stereocenters. The van der Waals surface area contributed by atoms with E-state index in [1.807, 2.05) is 0 Å². The van der Waals surface area contributed by atoms with Gasteiger partial charge in [-0.05, 0) is 37.5 Å². The Morgan fingerprint density at radius 3 is 3.00 bits per heavy atom. The SMILES string of the molecule is C#CCCCCNC(=O)C(C)Oc1cccc(CO)c1. The molecule has 0 spiro atoms. The second kappa shape index (κ2) is 9.00. The Labute approximate surface area is 120 Å². The van der Waals surface area contributed by atoms with Crippen LogP contribution in [-0.2, 0) is 11.4 Å². The normalized spacial score (nSPS) is 11.4. The predicted molar refractivity (Wildman–Crippen MR) is 78.1 cm³/mol. The average Bonchev–Trinajstić information content (AvgIpc) is 2.47. The van der Waals surface area contributed by atoms with Crippen LogP contribution in [0, 0.1) is 12.3 Å². The number of rotatable bonds is 8. The summed E-state index contributed by atoms with van der Waals surface area (Å²) in [5, 5.41) is 11.9. The van der Waals surface area contributed by atoms with Gasteiger partial charge in [-0.25, -0.2) is 0 Å². The zero-order chi connectivity index (χ0) is 14.8. The Kier molecular flexibility index (Phi) is 7.23. The first kappa shape index (κ1) is 16.1. The van der Waals surface area contributed by atoms with Crippen molar-refractivity contribution in [2.45, 2.75) is 38.9 Å². The number of ether oxygens (including phenoxy) is 1. The number of hydrogen-bond donors (Lipinski definition) is 2. The Morgan fingerprint density at radius 1 is 1.50 bits per heavy atom. The molecule has 108 valence electrons. The number of unbranched alkanes of at least 4 members (excludes halogenated alkanes) is 2. The fourth-order valence-electron chi connectivity index (χ4n) is 1.68. The summed E-state index contributed by atoms with van der Waals surface area (Å²) in [5.41, 5.74) is 0.754. The van der Waals surface area contributed by atoms with Gasteiger partial charge < -0.3 is 15.2 Å². The second-order valence-corrected chi connectivity index (χ2v) is 4.52. The zero-order valence-corrected chi connectivity index (χ0v) is 11.8. The molecule has 1 aromatic rings. The lowest BCUT2D eigenvalue weighted by molar-refractivity contribution is -0.127. The van der Waals surface area contributed by atoms with Crippen LogP contribution in [0.2, 0.25) is 0 Å². The molecule has 0 aliphatic rings. The van der Waals surface area contributed by atoms with E-state index in [1.54, 1.807) is 31.2 Å². The summed E-state index contributed by atoms with van der Waals surface area (Å²) < 4.78 is 5.54. The highest BCUT2D eigenvalue weighted by Gasteiger charge is 2.13. The van der Waals surface area contributed by atoms with Crippen molar-refractivity contribution >= 4 is 5.91 Å². The lowest BCUT2D eigenvalue weighted by Gasteiger charge is -2.15. The molecule has 0 radical (unpaired) electrons. The van der Waals surface area contributed by atoms with Crippen LogP contribution >= 0.6 is 0 Å². The Hall–Kier alpha value is -1.99. The maximum Gasteiger partial charge on any atom is 0.260 e. The van der Waals surface area contributed by atoms with Gasteiger partial charge in [0.15, 0.2) is 6.10 Å². The Bertz CT molecular complexity index is 465. The molecule has 0 saturated carbocycles. The molecule has 1 amide bonds. The number of carbonyl (C=O) groups excluding carboxylic acids is 1. The highest BCUT2D eigenvalue weighted by atomic mass is 16.5. The van der Waals surface area contributed by atoms with Crippen LogP contribution in [0.1, 0.15) is 31.7 Å². The molecule has 0 bridgehead atoms. The van der Waals surface area contributed by atoms with Gasteiger partial charge in [-0.15, -0.1) is 12.3 Å². The van der Waals surface area contributed by atoms with Gasteiger partial charge in [0.05, 0.1) is 6.61 Å². The number of nitrogens with one attached hydrogen (secondary N) is 1. The average molecular weight is 275 g/mol. The number of terminal acetylenes is 1. The molecule has 0 heterocycles. The van der Waals surface area contributed by atoms with Crippen LogP contribution in [-0.4, -0.2) is 23.7 Å². The Balaban J connectivity index is 2.35. The number of benzene rings is 1. The first-order chi connectivity index (χ1) is 9.67. The molecule has 4 heteroatoms.